The molecule has 20 heavy (non-hydrogen) atoms. The highest BCUT2D eigenvalue weighted by atomic mass is 79.9. The van der Waals surface area contributed by atoms with Crippen LogP contribution in [-0.2, 0) is 6.54 Å². The second kappa shape index (κ2) is 6.31. The van der Waals surface area contributed by atoms with Crippen LogP contribution in [0.1, 0.15) is 18.4 Å². The quantitative estimate of drug-likeness (QED) is 0.876. The standard InChI is InChI=1S/C17H19BrN2/c18-15-4-3-5-16(12-15)19-13-14-6-8-17(9-7-14)20-10-1-2-11-20/h3-9,12,19H,1-2,10-11,13H2. The Kier molecular flexibility index (Phi) is 4.26. The third kappa shape index (κ3) is 3.34. The van der Waals surface area contributed by atoms with E-state index in [9.17, 15) is 0 Å². The average molecular weight is 331 g/mol. The fraction of sp³-hybridized carbons (Fsp3) is 0.294. The summed E-state index contributed by atoms with van der Waals surface area (Å²) >= 11 is 3.49. The van der Waals surface area contributed by atoms with Crippen molar-refractivity contribution in [3.8, 4) is 0 Å². The van der Waals surface area contributed by atoms with E-state index in [1.807, 2.05) is 12.1 Å². The molecular formula is C17H19BrN2. The van der Waals surface area contributed by atoms with Gasteiger partial charge in [-0.15, -0.1) is 0 Å². The van der Waals surface area contributed by atoms with Crippen molar-refractivity contribution < 1.29 is 0 Å². The SMILES string of the molecule is Brc1cccc(NCc2ccc(N3CCCC3)cc2)c1. The van der Waals surface area contributed by atoms with Crippen LogP contribution in [-0.4, -0.2) is 13.1 Å². The molecule has 3 heteroatoms. The third-order valence-electron chi connectivity index (χ3n) is 3.73. The van der Waals surface area contributed by atoms with Crippen LogP contribution < -0.4 is 10.2 Å². The maximum Gasteiger partial charge on any atom is 0.0400 e. The summed E-state index contributed by atoms with van der Waals surface area (Å²) < 4.78 is 1.10. The smallest absolute Gasteiger partial charge is 0.0400 e. The van der Waals surface area contributed by atoms with Gasteiger partial charge in [0.2, 0.25) is 0 Å². The minimum atomic E-state index is 0.858. The molecule has 2 aromatic rings. The second-order valence-electron chi connectivity index (χ2n) is 5.22. The van der Waals surface area contributed by atoms with Gasteiger partial charge in [-0.25, -0.2) is 0 Å². The molecule has 0 bridgehead atoms. The molecule has 1 saturated heterocycles. The lowest BCUT2D eigenvalue weighted by molar-refractivity contribution is 0.949. The highest BCUT2D eigenvalue weighted by molar-refractivity contribution is 9.10. The lowest BCUT2D eigenvalue weighted by Crippen LogP contribution is -2.17. The van der Waals surface area contributed by atoms with Crippen LogP contribution in [0.5, 0.6) is 0 Å². The predicted octanol–water partition coefficient (Wildman–Crippen LogP) is 4.66. The lowest BCUT2D eigenvalue weighted by Gasteiger charge is -2.17. The van der Waals surface area contributed by atoms with E-state index in [1.165, 1.54) is 37.2 Å². The van der Waals surface area contributed by atoms with E-state index in [0.717, 1.165) is 16.7 Å². The van der Waals surface area contributed by atoms with Gasteiger partial charge in [0, 0.05) is 35.5 Å². The topological polar surface area (TPSA) is 15.3 Å². The third-order valence-corrected chi connectivity index (χ3v) is 4.22. The zero-order valence-electron chi connectivity index (χ0n) is 11.5. The molecule has 0 aliphatic carbocycles. The zero-order valence-corrected chi connectivity index (χ0v) is 13.1. The molecule has 0 radical (unpaired) electrons. The van der Waals surface area contributed by atoms with Crippen molar-refractivity contribution in [1.29, 1.82) is 0 Å². The van der Waals surface area contributed by atoms with Crippen molar-refractivity contribution in [3.05, 3.63) is 58.6 Å². The van der Waals surface area contributed by atoms with Crippen molar-refractivity contribution in [3.63, 3.8) is 0 Å². The summed E-state index contributed by atoms with van der Waals surface area (Å²) in [4.78, 5) is 2.46. The van der Waals surface area contributed by atoms with Crippen LogP contribution >= 0.6 is 15.9 Å². The normalized spacial score (nSPS) is 14.6. The van der Waals surface area contributed by atoms with Gasteiger partial charge in [-0.3, -0.25) is 0 Å². The Balaban J connectivity index is 1.60. The van der Waals surface area contributed by atoms with Gasteiger partial charge in [-0.2, -0.15) is 0 Å². The Morgan fingerprint density at radius 1 is 1.00 bits per heavy atom. The van der Waals surface area contributed by atoms with Gasteiger partial charge < -0.3 is 10.2 Å². The molecule has 0 aromatic heterocycles. The number of nitrogens with zero attached hydrogens (tertiary/aromatic N) is 1. The molecular weight excluding hydrogens is 312 g/mol. The Labute approximate surface area is 128 Å². The van der Waals surface area contributed by atoms with Gasteiger partial charge in [-0.1, -0.05) is 34.1 Å². The highest BCUT2D eigenvalue weighted by Crippen LogP contribution is 2.21. The molecule has 1 fully saturated rings. The van der Waals surface area contributed by atoms with E-state index in [-0.39, 0.29) is 0 Å². The van der Waals surface area contributed by atoms with Gasteiger partial charge in [0.05, 0.1) is 0 Å². The number of halogens is 1. The molecule has 2 aromatic carbocycles. The van der Waals surface area contributed by atoms with Gasteiger partial charge in [-0.05, 0) is 48.7 Å². The summed E-state index contributed by atoms with van der Waals surface area (Å²) in [6.45, 7) is 3.27. The molecule has 0 atom stereocenters. The van der Waals surface area contributed by atoms with Gasteiger partial charge in [0.15, 0.2) is 0 Å². The van der Waals surface area contributed by atoms with E-state index in [2.05, 4.69) is 62.5 Å². The molecule has 0 saturated carbocycles. The molecule has 0 spiro atoms. The van der Waals surface area contributed by atoms with E-state index in [4.69, 9.17) is 0 Å². The van der Waals surface area contributed by atoms with Crippen molar-refractivity contribution in [2.24, 2.45) is 0 Å². The summed E-state index contributed by atoms with van der Waals surface area (Å²) in [5.74, 6) is 0. The van der Waals surface area contributed by atoms with Crippen LogP contribution in [0.3, 0.4) is 0 Å². The molecule has 1 aliphatic rings. The fourth-order valence-electron chi connectivity index (χ4n) is 2.60. The van der Waals surface area contributed by atoms with E-state index in [1.54, 1.807) is 0 Å². The summed E-state index contributed by atoms with van der Waals surface area (Å²) in [7, 11) is 0. The molecule has 1 N–H and O–H groups in total. The van der Waals surface area contributed by atoms with Crippen molar-refractivity contribution in [1.82, 2.24) is 0 Å². The monoisotopic (exact) mass is 330 g/mol. The number of rotatable bonds is 4. The molecule has 3 rings (SSSR count). The summed E-state index contributed by atoms with van der Waals surface area (Å²) in [6.07, 6.45) is 2.65. The summed E-state index contributed by atoms with van der Waals surface area (Å²) in [5, 5.41) is 3.45. The van der Waals surface area contributed by atoms with Gasteiger partial charge in [0.25, 0.3) is 0 Å². The summed E-state index contributed by atoms with van der Waals surface area (Å²) in [5.41, 5.74) is 3.81. The van der Waals surface area contributed by atoms with Crippen molar-refractivity contribution in [2.45, 2.75) is 19.4 Å². The minimum absolute atomic E-state index is 0.858. The first-order valence-electron chi connectivity index (χ1n) is 7.14. The molecule has 0 unspecified atom stereocenters. The van der Waals surface area contributed by atoms with E-state index < -0.39 is 0 Å². The molecule has 1 heterocycles. The first-order valence-corrected chi connectivity index (χ1v) is 7.94. The predicted molar refractivity (Wildman–Crippen MR) is 89.4 cm³/mol. The Hall–Kier alpha value is -1.48. The second-order valence-corrected chi connectivity index (χ2v) is 6.14. The maximum absolute atomic E-state index is 3.49. The molecule has 104 valence electrons. The molecule has 1 aliphatic heterocycles. The van der Waals surface area contributed by atoms with Crippen LogP contribution in [0.2, 0.25) is 0 Å². The van der Waals surface area contributed by atoms with Gasteiger partial charge in [0.1, 0.15) is 0 Å². The van der Waals surface area contributed by atoms with Crippen LogP contribution in [0.25, 0.3) is 0 Å². The average Bonchev–Trinajstić information content (AvgIpc) is 3.00. The Morgan fingerprint density at radius 2 is 1.75 bits per heavy atom. The first-order chi connectivity index (χ1) is 9.81. The number of hydrogen-bond acceptors (Lipinski definition) is 2. The van der Waals surface area contributed by atoms with Crippen LogP contribution in [0.4, 0.5) is 11.4 Å². The van der Waals surface area contributed by atoms with Crippen LogP contribution in [0.15, 0.2) is 53.0 Å². The largest absolute Gasteiger partial charge is 0.381 e. The van der Waals surface area contributed by atoms with Crippen molar-refractivity contribution in [2.75, 3.05) is 23.3 Å². The van der Waals surface area contributed by atoms with Gasteiger partial charge >= 0.3 is 0 Å². The first kappa shape index (κ1) is 13.5. The number of anilines is 2. The molecule has 2 nitrogen and oxygen atoms in total. The summed E-state index contributed by atoms with van der Waals surface area (Å²) in [6, 6.07) is 17.2. The number of nitrogens with one attached hydrogen (secondary N) is 1. The minimum Gasteiger partial charge on any atom is -0.381 e. The van der Waals surface area contributed by atoms with E-state index >= 15 is 0 Å². The maximum atomic E-state index is 3.49. The van der Waals surface area contributed by atoms with E-state index in [0.29, 0.717) is 0 Å². The number of hydrogen-bond donors (Lipinski definition) is 1. The fourth-order valence-corrected chi connectivity index (χ4v) is 3.00. The van der Waals surface area contributed by atoms with Crippen LogP contribution in [0, 0.1) is 0 Å². The number of benzene rings is 2. The lowest BCUT2D eigenvalue weighted by atomic mass is 10.2. The zero-order chi connectivity index (χ0) is 13.8. The highest BCUT2D eigenvalue weighted by Gasteiger charge is 2.11. The Bertz CT molecular complexity index is 559. The Morgan fingerprint density at radius 3 is 2.45 bits per heavy atom. The molecule has 0 amide bonds. The van der Waals surface area contributed by atoms with Crippen molar-refractivity contribution >= 4 is 27.3 Å².